The van der Waals surface area contributed by atoms with Crippen LogP contribution in [0.5, 0.6) is 11.5 Å². The van der Waals surface area contributed by atoms with Crippen LogP contribution in [0, 0.1) is 0 Å². The van der Waals surface area contributed by atoms with Gasteiger partial charge in [0.05, 0.1) is 12.7 Å². The minimum absolute atomic E-state index is 0.181. The lowest BCUT2D eigenvalue weighted by Crippen LogP contribution is -2.44. The van der Waals surface area contributed by atoms with Crippen LogP contribution in [-0.2, 0) is 14.3 Å². The average Bonchev–Trinajstić information content (AvgIpc) is 2.51. The van der Waals surface area contributed by atoms with Gasteiger partial charge in [0.2, 0.25) is 0 Å². The first-order valence-corrected chi connectivity index (χ1v) is 7.64. The lowest BCUT2D eigenvalue weighted by atomic mass is 10.2. The van der Waals surface area contributed by atoms with Crippen molar-refractivity contribution in [2.75, 3.05) is 20.3 Å². The lowest BCUT2D eigenvalue weighted by molar-refractivity contribution is -0.143. The summed E-state index contributed by atoms with van der Waals surface area (Å²) in [5, 5.41) is 11.6. The molecular formula is C17H25NO6. The van der Waals surface area contributed by atoms with Crippen LogP contribution in [0.1, 0.15) is 27.2 Å². The molecule has 1 aromatic rings. The minimum Gasteiger partial charge on any atom is -0.497 e. The van der Waals surface area contributed by atoms with Gasteiger partial charge < -0.3 is 24.6 Å². The number of ether oxygens (including phenoxy) is 3. The maximum atomic E-state index is 11.8. The molecule has 1 atom stereocenters. The molecule has 2 N–H and O–H groups in total. The maximum absolute atomic E-state index is 11.8. The second-order valence-corrected chi connectivity index (χ2v) is 6.17. The third-order valence-electron chi connectivity index (χ3n) is 3.00. The Kier molecular flexibility index (Phi) is 7.51. The van der Waals surface area contributed by atoms with E-state index in [0.717, 1.165) is 0 Å². The zero-order valence-electron chi connectivity index (χ0n) is 14.5. The predicted molar refractivity (Wildman–Crippen MR) is 88.4 cm³/mol. The molecule has 0 bridgehead atoms. The van der Waals surface area contributed by atoms with Crippen molar-refractivity contribution in [2.24, 2.45) is 0 Å². The number of hydrogen-bond acceptors (Lipinski definition) is 5. The summed E-state index contributed by atoms with van der Waals surface area (Å²) in [5.74, 6) is -0.440. The first-order chi connectivity index (χ1) is 11.2. The van der Waals surface area contributed by atoms with Crippen molar-refractivity contribution in [3.63, 3.8) is 0 Å². The molecule has 0 radical (unpaired) electrons. The van der Waals surface area contributed by atoms with Gasteiger partial charge in [0.25, 0.3) is 5.91 Å². The highest BCUT2D eigenvalue weighted by Gasteiger charge is 2.21. The molecule has 0 saturated carbocycles. The number of methoxy groups -OCH3 is 1. The van der Waals surface area contributed by atoms with Gasteiger partial charge in [-0.15, -0.1) is 0 Å². The van der Waals surface area contributed by atoms with Gasteiger partial charge in [0, 0.05) is 13.0 Å². The summed E-state index contributed by atoms with van der Waals surface area (Å²) in [6.07, 6.45) is 0.181. The lowest BCUT2D eigenvalue weighted by Gasteiger charge is -2.21. The topological polar surface area (TPSA) is 94.1 Å². The maximum Gasteiger partial charge on any atom is 0.326 e. The van der Waals surface area contributed by atoms with E-state index in [1.54, 1.807) is 31.4 Å². The zero-order chi connectivity index (χ0) is 18.2. The van der Waals surface area contributed by atoms with Crippen molar-refractivity contribution >= 4 is 11.9 Å². The van der Waals surface area contributed by atoms with E-state index in [-0.39, 0.29) is 25.2 Å². The van der Waals surface area contributed by atoms with Crippen molar-refractivity contribution in [3.05, 3.63) is 24.3 Å². The average molecular weight is 339 g/mol. The summed E-state index contributed by atoms with van der Waals surface area (Å²) in [6, 6.07) is 5.73. The van der Waals surface area contributed by atoms with Crippen LogP contribution in [0.25, 0.3) is 0 Å². The number of aliphatic carboxylic acids is 1. The Bertz CT molecular complexity index is 535. The van der Waals surface area contributed by atoms with Gasteiger partial charge in [-0.2, -0.15) is 0 Å². The van der Waals surface area contributed by atoms with Gasteiger partial charge >= 0.3 is 5.97 Å². The number of hydrogen-bond donors (Lipinski definition) is 2. The van der Waals surface area contributed by atoms with Crippen molar-refractivity contribution in [2.45, 2.75) is 38.8 Å². The van der Waals surface area contributed by atoms with E-state index in [1.165, 1.54) is 0 Å². The van der Waals surface area contributed by atoms with Crippen LogP contribution in [0.15, 0.2) is 24.3 Å². The van der Waals surface area contributed by atoms with E-state index in [1.807, 2.05) is 20.8 Å². The van der Waals surface area contributed by atoms with E-state index in [0.29, 0.717) is 11.5 Å². The van der Waals surface area contributed by atoms with E-state index in [9.17, 15) is 9.59 Å². The zero-order valence-corrected chi connectivity index (χ0v) is 14.5. The predicted octanol–water partition coefficient (Wildman–Crippen LogP) is 1.85. The van der Waals surface area contributed by atoms with Crippen molar-refractivity contribution in [1.82, 2.24) is 5.32 Å². The first-order valence-electron chi connectivity index (χ1n) is 7.64. The Balaban J connectivity index is 2.42. The van der Waals surface area contributed by atoms with Gasteiger partial charge in [-0.05, 0) is 45.0 Å². The fraction of sp³-hybridized carbons (Fsp3) is 0.529. The van der Waals surface area contributed by atoms with E-state index in [4.69, 9.17) is 19.3 Å². The molecular weight excluding hydrogens is 314 g/mol. The van der Waals surface area contributed by atoms with Crippen LogP contribution < -0.4 is 14.8 Å². The Labute approximate surface area is 141 Å². The fourth-order valence-corrected chi connectivity index (χ4v) is 1.80. The van der Waals surface area contributed by atoms with Crippen molar-refractivity contribution in [3.8, 4) is 11.5 Å². The summed E-state index contributed by atoms with van der Waals surface area (Å²) in [4.78, 5) is 23.1. The number of nitrogens with one attached hydrogen (secondary N) is 1. The molecule has 24 heavy (non-hydrogen) atoms. The normalized spacial score (nSPS) is 12.3. The van der Waals surface area contributed by atoms with Crippen LogP contribution in [-0.4, -0.2) is 48.9 Å². The van der Waals surface area contributed by atoms with Crippen LogP contribution in [0.4, 0.5) is 0 Å². The molecule has 1 rings (SSSR count). The van der Waals surface area contributed by atoms with Gasteiger partial charge in [0.1, 0.15) is 17.5 Å². The molecule has 7 heteroatoms. The molecule has 0 spiro atoms. The Hall–Kier alpha value is -2.28. The monoisotopic (exact) mass is 339 g/mol. The largest absolute Gasteiger partial charge is 0.497 e. The molecule has 0 heterocycles. The van der Waals surface area contributed by atoms with Gasteiger partial charge in [0.15, 0.2) is 6.61 Å². The number of carboxylic acid groups (broad SMARTS) is 1. The molecule has 0 aromatic heterocycles. The fourth-order valence-electron chi connectivity index (χ4n) is 1.80. The van der Waals surface area contributed by atoms with Crippen LogP contribution in [0.2, 0.25) is 0 Å². The van der Waals surface area contributed by atoms with Gasteiger partial charge in [-0.25, -0.2) is 4.79 Å². The standard InChI is InChI=1S/C17H25NO6/c1-17(2,3)24-10-9-14(16(20)21)18-15(19)11-23-13-7-5-12(22-4)6-8-13/h5-8,14H,9-11H2,1-4H3,(H,18,19)(H,20,21). The number of carbonyl (C=O) groups is 2. The van der Waals surface area contributed by atoms with E-state index < -0.39 is 17.9 Å². The molecule has 1 amide bonds. The number of rotatable bonds is 9. The molecule has 0 aliphatic carbocycles. The highest BCUT2D eigenvalue weighted by molar-refractivity contribution is 5.84. The first kappa shape index (κ1) is 19.8. The molecule has 1 aromatic carbocycles. The summed E-state index contributed by atoms with van der Waals surface area (Å²) in [6.45, 7) is 5.61. The Morgan fingerprint density at radius 1 is 1.17 bits per heavy atom. The Morgan fingerprint density at radius 2 is 1.75 bits per heavy atom. The van der Waals surface area contributed by atoms with E-state index in [2.05, 4.69) is 5.32 Å². The summed E-state index contributed by atoms with van der Waals surface area (Å²) >= 11 is 0. The number of benzene rings is 1. The summed E-state index contributed by atoms with van der Waals surface area (Å²) in [5.41, 5.74) is -0.357. The third kappa shape index (κ3) is 7.82. The minimum atomic E-state index is -1.11. The second kappa shape index (κ2) is 9.12. The quantitative estimate of drug-likeness (QED) is 0.713. The molecule has 0 aliphatic heterocycles. The molecule has 7 nitrogen and oxygen atoms in total. The number of carboxylic acids is 1. The van der Waals surface area contributed by atoms with Gasteiger partial charge in [-0.1, -0.05) is 0 Å². The summed E-state index contributed by atoms with van der Waals surface area (Å²) < 4.78 is 15.8. The molecule has 134 valence electrons. The van der Waals surface area contributed by atoms with Gasteiger partial charge in [-0.3, -0.25) is 4.79 Å². The van der Waals surface area contributed by atoms with Crippen molar-refractivity contribution in [1.29, 1.82) is 0 Å². The van der Waals surface area contributed by atoms with Crippen LogP contribution >= 0.6 is 0 Å². The summed E-state index contributed by atoms with van der Waals surface area (Å²) in [7, 11) is 1.55. The molecule has 0 saturated heterocycles. The highest BCUT2D eigenvalue weighted by Crippen LogP contribution is 2.16. The number of carbonyl (C=O) groups excluding carboxylic acids is 1. The third-order valence-corrected chi connectivity index (χ3v) is 3.00. The molecule has 1 unspecified atom stereocenters. The molecule has 0 fully saturated rings. The molecule has 0 aliphatic rings. The number of amides is 1. The smallest absolute Gasteiger partial charge is 0.326 e. The van der Waals surface area contributed by atoms with E-state index >= 15 is 0 Å². The van der Waals surface area contributed by atoms with Crippen LogP contribution in [0.3, 0.4) is 0 Å². The Morgan fingerprint density at radius 3 is 2.25 bits per heavy atom. The highest BCUT2D eigenvalue weighted by atomic mass is 16.5. The second-order valence-electron chi connectivity index (χ2n) is 6.17. The SMILES string of the molecule is COc1ccc(OCC(=O)NC(CCOC(C)(C)C)C(=O)O)cc1. The van der Waals surface area contributed by atoms with Crippen molar-refractivity contribution < 1.29 is 28.9 Å².